The largest absolute Gasteiger partial charge is 0.455 e. The Morgan fingerprint density at radius 1 is 0.278 bits per heavy atom. The van der Waals surface area contributed by atoms with Crippen molar-refractivity contribution in [1.82, 2.24) is 0 Å². The summed E-state index contributed by atoms with van der Waals surface area (Å²) in [6.45, 7) is 39.6. The molecule has 15 aromatic rings. The molecule has 0 amide bonds. The van der Waals surface area contributed by atoms with Gasteiger partial charge in [0.05, 0.1) is 33.6 Å². The lowest BCUT2D eigenvalue weighted by Gasteiger charge is -2.38. The molecule has 2 aliphatic rings. The molecule has 0 saturated heterocycles. The number of furan rings is 1. The molecule has 0 bridgehead atoms. The third-order valence-electron chi connectivity index (χ3n) is 23.7. The summed E-state index contributed by atoms with van der Waals surface area (Å²) < 4.78 is 7.96. The van der Waals surface area contributed by atoms with Crippen LogP contribution in [-0.4, -0.2) is 0 Å². The van der Waals surface area contributed by atoms with Crippen LogP contribution in [0, 0.1) is 0 Å². The minimum Gasteiger partial charge on any atom is -0.455 e. The minimum absolute atomic E-state index is 0.0240. The van der Waals surface area contributed by atoms with Crippen molar-refractivity contribution in [3.63, 3.8) is 0 Å². The van der Waals surface area contributed by atoms with E-state index in [2.05, 4.69) is 424 Å². The molecule has 0 spiro atoms. The zero-order valence-electron chi connectivity index (χ0n) is 66.0. The lowest BCUT2D eigenvalue weighted by atomic mass is 9.66. The van der Waals surface area contributed by atoms with E-state index in [1.54, 1.807) is 0 Å². The Bertz CT molecular complexity index is 5930. The Hall–Kier alpha value is -11.2. The first kappa shape index (κ1) is 69.8. The number of anilines is 9. The molecule has 0 saturated carbocycles. The van der Waals surface area contributed by atoms with Gasteiger partial charge in [0.25, 0.3) is 0 Å². The van der Waals surface area contributed by atoms with Gasteiger partial charge in [0.2, 0.25) is 0 Å². The molecule has 0 N–H and O–H groups in total. The van der Waals surface area contributed by atoms with Crippen molar-refractivity contribution in [3.05, 3.63) is 352 Å². The molecular formula is C104H99N3O. The van der Waals surface area contributed by atoms with E-state index >= 15 is 0 Å². The number of rotatable bonds is 11. The van der Waals surface area contributed by atoms with Crippen LogP contribution in [0.4, 0.5) is 51.2 Å². The second-order valence-corrected chi connectivity index (χ2v) is 36.2. The van der Waals surface area contributed by atoms with Crippen molar-refractivity contribution in [3.8, 4) is 22.3 Å². The number of benzene rings is 14. The average molecular weight is 1410 g/mol. The van der Waals surface area contributed by atoms with Crippen molar-refractivity contribution in [1.29, 1.82) is 0 Å². The second-order valence-electron chi connectivity index (χ2n) is 36.2. The molecule has 4 heteroatoms. The van der Waals surface area contributed by atoms with E-state index in [9.17, 15) is 0 Å². The normalized spacial score (nSPS) is 14.8. The highest BCUT2D eigenvalue weighted by atomic mass is 16.3. The molecule has 1 atom stereocenters. The lowest BCUT2D eigenvalue weighted by molar-refractivity contribution is 0.589. The van der Waals surface area contributed by atoms with Crippen molar-refractivity contribution in [2.75, 3.05) is 14.7 Å². The molecule has 17 rings (SSSR count). The summed E-state index contributed by atoms with van der Waals surface area (Å²) in [6.07, 6.45) is 0. The fraction of sp³-hybridized carbons (Fsp3) is 0.231. The van der Waals surface area contributed by atoms with Gasteiger partial charge in [0.1, 0.15) is 11.2 Å². The van der Waals surface area contributed by atoms with Crippen LogP contribution in [-0.2, 0) is 37.9 Å². The molecule has 1 unspecified atom stereocenters. The van der Waals surface area contributed by atoms with Crippen LogP contribution in [0.15, 0.2) is 296 Å². The average Bonchev–Trinajstić information content (AvgIpc) is 1.44. The fourth-order valence-corrected chi connectivity index (χ4v) is 17.8. The van der Waals surface area contributed by atoms with Gasteiger partial charge >= 0.3 is 0 Å². The summed E-state index contributed by atoms with van der Waals surface area (Å²) >= 11 is 0. The van der Waals surface area contributed by atoms with E-state index < -0.39 is 10.8 Å². The Balaban J connectivity index is 1.07. The molecular weight excluding hydrogens is 1310 g/mol. The monoisotopic (exact) mass is 1410 g/mol. The number of hydrogen-bond donors (Lipinski definition) is 0. The molecule has 4 nitrogen and oxygen atoms in total. The van der Waals surface area contributed by atoms with Gasteiger partial charge in [-0.25, -0.2) is 0 Å². The predicted molar refractivity (Wildman–Crippen MR) is 461 cm³/mol. The Morgan fingerprint density at radius 3 is 1.07 bits per heavy atom. The molecule has 536 valence electrons. The van der Waals surface area contributed by atoms with Crippen LogP contribution in [0.3, 0.4) is 0 Å². The summed E-state index contributed by atoms with van der Waals surface area (Å²) in [5, 5.41) is 6.79. The zero-order chi connectivity index (χ0) is 75.4. The van der Waals surface area contributed by atoms with Crippen molar-refractivity contribution < 1.29 is 4.42 Å². The predicted octanol–water partition coefficient (Wildman–Crippen LogP) is 29.5. The van der Waals surface area contributed by atoms with Crippen LogP contribution in [0.5, 0.6) is 0 Å². The fourth-order valence-electron chi connectivity index (χ4n) is 17.8. The van der Waals surface area contributed by atoms with Gasteiger partial charge in [-0.05, 0) is 207 Å². The highest BCUT2D eigenvalue weighted by molar-refractivity contribution is 6.22. The highest BCUT2D eigenvalue weighted by Crippen LogP contribution is 2.68. The van der Waals surface area contributed by atoms with Crippen LogP contribution in [0.1, 0.15) is 179 Å². The van der Waals surface area contributed by atoms with E-state index in [1.807, 2.05) is 0 Å². The third-order valence-corrected chi connectivity index (χ3v) is 23.7. The van der Waals surface area contributed by atoms with Crippen molar-refractivity contribution >= 4 is 94.7 Å². The van der Waals surface area contributed by atoms with Gasteiger partial charge in [0, 0.05) is 55.6 Å². The van der Waals surface area contributed by atoms with Gasteiger partial charge in [0.15, 0.2) is 0 Å². The van der Waals surface area contributed by atoms with Gasteiger partial charge in [-0.1, -0.05) is 318 Å². The SMILES string of the molecule is CC(C)(C)c1ccc(N(c2ccc(C(C)(C)C)cc2)c2ccc(C3(c4ccc(C(C)(C)C)cc4)c4cc(N(c5ccc(C(C)(C)C)cc5)c5cccc6ccccc56)c5c(c4-c4c3cc(N(c3ccc(C(C)(C)C)cc3)c3cccc6ccccc36)c3c4oc4ccccc43)-c3ccccc3C5(C)C)cc2)cc1. The van der Waals surface area contributed by atoms with Gasteiger partial charge in [-0.15, -0.1) is 0 Å². The number of nitrogens with zero attached hydrogens (tertiary/aromatic N) is 3. The van der Waals surface area contributed by atoms with Crippen molar-refractivity contribution in [2.45, 2.75) is 156 Å². The van der Waals surface area contributed by atoms with E-state index in [0.29, 0.717) is 0 Å². The number of hydrogen-bond acceptors (Lipinski definition) is 4. The first-order valence-corrected chi connectivity index (χ1v) is 38.8. The highest BCUT2D eigenvalue weighted by Gasteiger charge is 2.54. The van der Waals surface area contributed by atoms with Gasteiger partial charge < -0.3 is 19.1 Å². The Morgan fingerprint density at radius 2 is 0.620 bits per heavy atom. The van der Waals surface area contributed by atoms with Crippen molar-refractivity contribution in [2.24, 2.45) is 0 Å². The number of para-hydroxylation sites is 1. The van der Waals surface area contributed by atoms with E-state index in [4.69, 9.17) is 4.42 Å². The van der Waals surface area contributed by atoms with Crippen LogP contribution < -0.4 is 14.7 Å². The smallest absolute Gasteiger partial charge is 0.145 e. The van der Waals surface area contributed by atoms with Gasteiger partial charge in [-0.2, -0.15) is 0 Å². The maximum atomic E-state index is 7.96. The second kappa shape index (κ2) is 25.2. The summed E-state index contributed by atoms with van der Waals surface area (Å²) in [5.74, 6) is 0. The topological polar surface area (TPSA) is 22.9 Å². The molecule has 108 heavy (non-hydrogen) atoms. The summed E-state index contributed by atoms with van der Waals surface area (Å²) in [6, 6.07) is 112. The molecule has 2 aliphatic carbocycles. The molecule has 1 heterocycles. The first-order valence-electron chi connectivity index (χ1n) is 38.8. The zero-order valence-corrected chi connectivity index (χ0v) is 66.0. The molecule has 14 aromatic carbocycles. The lowest BCUT2D eigenvalue weighted by Crippen LogP contribution is -2.30. The third kappa shape index (κ3) is 11.4. The van der Waals surface area contributed by atoms with Gasteiger partial charge in [-0.3, -0.25) is 0 Å². The summed E-state index contributed by atoms with van der Waals surface area (Å²) in [4.78, 5) is 7.63. The van der Waals surface area contributed by atoms with Crippen LogP contribution in [0.2, 0.25) is 0 Å². The Labute approximate surface area is 640 Å². The maximum Gasteiger partial charge on any atom is 0.145 e. The van der Waals surface area contributed by atoms with Crippen LogP contribution >= 0.6 is 0 Å². The molecule has 0 aliphatic heterocycles. The minimum atomic E-state index is -1.05. The number of fused-ring (bicyclic) bond motifs is 13. The summed E-state index contributed by atoms with van der Waals surface area (Å²) in [5.41, 5.74) is 27.9. The molecule has 0 radical (unpaired) electrons. The van der Waals surface area contributed by atoms with E-state index in [0.717, 1.165) is 101 Å². The van der Waals surface area contributed by atoms with E-state index in [-0.39, 0.29) is 27.1 Å². The Kier molecular flexibility index (Phi) is 16.3. The molecule has 0 fully saturated rings. The molecule has 1 aromatic heterocycles. The standard InChI is InChI=1S/C104H99N3O/c1-98(2,3)68-40-42-73(43-41-68)104(74-52-62-77(63-53-74)105(75-54-44-69(45-55-75)99(4,5)6)76-56-46-70(47-57-76)100(7,8)9)85-65-90(107(79-60-50-72(51-61-79)102(13,14)15)88-38-27-31-67-29-19-21-33-81(67)88)96-93(82-34-22-24-36-84(82)103(96,16)17)94(85)95-86(104)64-89(92-83-35-23-25-39-91(83)108-97(92)95)106(78-58-48-71(49-59-78)101(10,11)12)87-37-26-30-66-28-18-20-32-80(66)87/h18-65H,1-17H3. The quantitative estimate of drug-likeness (QED) is 0.129. The summed E-state index contributed by atoms with van der Waals surface area (Å²) in [7, 11) is 0. The maximum absolute atomic E-state index is 7.96. The van der Waals surface area contributed by atoms with Crippen LogP contribution in [0.25, 0.3) is 65.7 Å². The first-order chi connectivity index (χ1) is 51.5. The van der Waals surface area contributed by atoms with E-state index in [1.165, 1.54) is 77.4 Å².